The van der Waals surface area contributed by atoms with Crippen molar-refractivity contribution in [2.24, 2.45) is 5.92 Å². The van der Waals surface area contributed by atoms with Crippen LogP contribution in [0.1, 0.15) is 53.9 Å². The maximum absolute atomic E-state index is 6.26. The molecule has 2 unspecified atom stereocenters. The first-order chi connectivity index (χ1) is 8.68. The third-order valence-electron chi connectivity index (χ3n) is 4.17. The second kappa shape index (κ2) is 6.55. The van der Waals surface area contributed by atoms with Crippen molar-refractivity contribution in [3.63, 3.8) is 0 Å². The molecule has 1 aliphatic heterocycles. The van der Waals surface area contributed by atoms with E-state index < -0.39 is 0 Å². The van der Waals surface area contributed by atoms with Crippen LogP contribution in [0.5, 0.6) is 0 Å². The smallest absolute Gasteiger partial charge is 0.0677 e. The SMILES string of the molecule is CCCNC(CCN(C)C)C1CC(C)(C)OC1(C)C. The molecule has 19 heavy (non-hydrogen) atoms. The Kier molecular flexibility index (Phi) is 5.84. The molecule has 1 saturated heterocycles. The fourth-order valence-corrected chi connectivity index (χ4v) is 3.40. The summed E-state index contributed by atoms with van der Waals surface area (Å²) in [5, 5.41) is 3.75. The highest BCUT2D eigenvalue weighted by atomic mass is 16.5. The minimum absolute atomic E-state index is 0.0123. The molecule has 3 heteroatoms. The van der Waals surface area contributed by atoms with Gasteiger partial charge >= 0.3 is 0 Å². The number of rotatable bonds is 7. The maximum atomic E-state index is 6.26. The van der Waals surface area contributed by atoms with Crippen LogP contribution in [0.4, 0.5) is 0 Å². The van der Waals surface area contributed by atoms with Crippen LogP contribution in [-0.4, -0.2) is 49.3 Å². The standard InChI is InChI=1S/C16H34N2O/c1-8-10-17-14(9-11-18(6)7)13-12-15(2,3)19-16(13,4)5/h13-14,17H,8-12H2,1-7H3. The van der Waals surface area contributed by atoms with Crippen LogP contribution < -0.4 is 5.32 Å². The van der Waals surface area contributed by atoms with Crippen molar-refractivity contribution in [2.45, 2.75) is 71.1 Å². The minimum atomic E-state index is -0.0266. The van der Waals surface area contributed by atoms with Crippen LogP contribution in [0.3, 0.4) is 0 Å². The predicted molar refractivity (Wildman–Crippen MR) is 82.6 cm³/mol. The van der Waals surface area contributed by atoms with E-state index in [1.807, 2.05) is 0 Å². The van der Waals surface area contributed by atoms with E-state index in [2.05, 4.69) is 58.9 Å². The van der Waals surface area contributed by atoms with Gasteiger partial charge in [0.05, 0.1) is 11.2 Å². The van der Waals surface area contributed by atoms with Gasteiger partial charge in [0.15, 0.2) is 0 Å². The molecule has 0 bridgehead atoms. The molecular formula is C16H34N2O. The molecule has 1 fully saturated rings. The van der Waals surface area contributed by atoms with Gasteiger partial charge in [0, 0.05) is 12.0 Å². The molecule has 0 radical (unpaired) electrons. The number of nitrogens with zero attached hydrogens (tertiary/aromatic N) is 1. The second-order valence-electron chi connectivity index (χ2n) is 7.43. The van der Waals surface area contributed by atoms with E-state index >= 15 is 0 Å². The molecule has 0 spiro atoms. The minimum Gasteiger partial charge on any atom is -0.369 e. The van der Waals surface area contributed by atoms with Gasteiger partial charge in [0.2, 0.25) is 0 Å². The van der Waals surface area contributed by atoms with Gasteiger partial charge in [-0.05, 0) is 74.1 Å². The Balaban J connectivity index is 2.72. The first-order valence-electron chi connectivity index (χ1n) is 7.76. The number of hydrogen-bond donors (Lipinski definition) is 1. The van der Waals surface area contributed by atoms with Gasteiger partial charge in [-0.25, -0.2) is 0 Å². The first-order valence-corrected chi connectivity index (χ1v) is 7.76. The topological polar surface area (TPSA) is 24.5 Å². The summed E-state index contributed by atoms with van der Waals surface area (Å²) in [6, 6.07) is 0.555. The lowest BCUT2D eigenvalue weighted by molar-refractivity contribution is -0.0780. The van der Waals surface area contributed by atoms with Gasteiger partial charge in [-0.3, -0.25) is 0 Å². The highest BCUT2D eigenvalue weighted by molar-refractivity contribution is 4.99. The molecule has 114 valence electrons. The molecule has 1 rings (SSSR count). The molecule has 2 atom stereocenters. The molecular weight excluding hydrogens is 236 g/mol. The van der Waals surface area contributed by atoms with E-state index in [1.54, 1.807) is 0 Å². The van der Waals surface area contributed by atoms with Crippen LogP contribution >= 0.6 is 0 Å². The average Bonchev–Trinajstić information content (AvgIpc) is 2.47. The summed E-state index contributed by atoms with van der Waals surface area (Å²) in [4.78, 5) is 2.27. The molecule has 1 aliphatic rings. The number of ether oxygens (including phenoxy) is 1. The summed E-state index contributed by atoms with van der Waals surface area (Å²) < 4.78 is 6.26. The van der Waals surface area contributed by atoms with E-state index in [0.717, 1.165) is 19.5 Å². The Bertz CT molecular complexity index is 274. The largest absolute Gasteiger partial charge is 0.369 e. The first kappa shape index (κ1) is 16.9. The van der Waals surface area contributed by atoms with Gasteiger partial charge in [-0.15, -0.1) is 0 Å². The van der Waals surface area contributed by atoms with Gasteiger partial charge in [-0.2, -0.15) is 0 Å². The van der Waals surface area contributed by atoms with Crippen molar-refractivity contribution >= 4 is 0 Å². The third kappa shape index (κ3) is 5.05. The molecule has 3 nitrogen and oxygen atoms in total. The lowest BCUT2D eigenvalue weighted by Crippen LogP contribution is -2.45. The third-order valence-corrected chi connectivity index (χ3v) is 4.17. The summed E-state index contributed by atoms with van der Waals surface area (Å²) in [5.74, 6) is 0.592. The van der Waals surface area contributed by atoms with Crippen LogP contribution in [0.2, 0.25) is 0 Å². The Hall–Kier alpha value is -0.120. The summed E-state index contributed by atoms with van der Waals surface area (Å²) in [5.41, 5.74) is -0.0142. The highest BCUT2D eigenvalue weighted by Gasteiger charge is 2.48. The summed E-state index contributed by atoms with van der Waals surface area (Å²) in [6.45, 7) is 13.4. The lowest BCUT2D eigenvalue weighted by atomic mass is 9.80. The molecule has 0 aromatic heterocycles. The van der Waals surface area contributed by atoms with Crippen LogP contribution in [0.15, 0.2) is 0 Å². The quantitative estimate of drug-likeness (QED) is 0.770. The van der Waals surface area contributed by atoms with E-state index in [4.69, 9.17) is 4.74 Å². The fourth-order valence-electron chi connectivity index (χ4n) is 3.40. The summed E-state index contributed by atoms with van der Waals surface area (Å²) >= 11 is 0. The molecule has 0 amide bonds. The maximum Gasteiger partial charge on any atom is 0.0677 e. The second-order valence-corrected chi connectivity index (χ2v) is 7.43. The Morgan fingerprint density at radius 3 is 2.32 bits per heavy atom. The molecule has 0 aromatic carbocycles. The average molecular weight is 270 g/mol. The van der Waals surface area contributed by atoms with Crippen LogP contribution in [0, 0.1) is 5.92 Å². The van der Waals surface area contributed by atoms with Crippen LogP contribution in [0.25, 0.3) is 0 Å². The van der Waals surface area contributed by atoms with Crippen molar-refractivity contribution < 1.29 is 4.74 Å². The zero-order valence-corrected chi connectivity index (χ0v) is 14.0. The van der Waals surface area contributed by atoms with Crippen molar-refractivity contribution in [3.05, 3.63) is 0 Å². The van der Waals surface area contributed by atoms with E-state index in [1.165, 1.54) is 12.8 Å². The van der Waals surface area contributed by atoms with Crippen molar-refractivity contribution in [3.8, 4) is 0 Å². The van der Waals surface area contributed by atoms with Gasteiger partial charge < -0.3 is 15.0 Å². The van der Waals surface area contributed by atoms with Crippen molar-refractivity contribution in [1.29, 1.82) is 0 Å². The zero-order chi connectivity index (χ0) is 14.7. The van der Waals surface area contributed by atoms with Crippen LogP contribution in [-0.2, 0) is 4.74 Å². The Labute approximate surface area is 120 Å². The number of nitrogens with one attached hydrogen (secondary N) is 1. The molecule has 0 saturated carbocycles. The van der Waals surface area contributed by atoms with Crippen molar-refractivity contribution in [1.82, 2.24) is 10.2 Å². The summed E-state index contributed by atoms with van der Waals surface area (Å²) in [7, 11) is 4.30. The van der Waals surface area contributed by atoms with E-state index in [0.29, 0.717) is 12.0 Å². The van der Waals surface area contributed by atoms with Crippen molar-refractivity contribution in [2.75, 3.05) is 27.2 Å². The molecule has 0 aromatic rings. The molecule has 0 aliphatic carbocycles. The van der Waals surface area contributed by atoms with Gasteiger partial charge in [0.25, 0.3) is 0 Å². The fraction of sp³-hybridized carbons (Fsp3) is 1.00. The zero-order valence-electron chi connectivity index (χ0n) is 14.0. The van der Waals surface area contributed by atoms with E-state index in [9.17, 15) is 0 Å². The lowest BCUT2D eigenvalue weighted by Gasteiger charge is -2.34. The van der Waals surface area contributed by atoms with E-state index in [-0.39, 0.29) is 11.2 Å². The molecule has 1 heterocycles. The van der Waals surface area contributed by atoms with Gasteiger partial charge in [-0.1, -0.05) is 6.92 Å². The van der Waals surface area contributed by atoms with Gasteiger partial charge in [0.1, 0.15) is 0 Å². The Morgan fingerprint density at radius 1 is 1.26 bits per heavy atom. The summed E-state index contributed by atoms with van der Waals surface area (Å²) in [6.07, 6.45) is 3.53. The Morgan fingerprint density at radius 2 is 1.89 bits per heavy atom. The highest BCUT2D eigenvalue weighted by Crippen LogP contribution is 2.44. The normalized spacial score (nSPS) is 26.8. The predicted octanol–water partition coefficient (Wildman–Crippen LogP) is 2.90. The number of hydrogen-bond acceptors (Lipinski definition) is 3. The molecule has 1 N–H and O–H groups in total. The monoisotopic (exact) mass is 270 g/mol.